The van der Waals surface area contributed by atoms with Crippen LogP contribution >= 0.6 is 0 Å². The Bertz CT molecular complexity index is 591. The molecule has 0 radical (unpaired) electrons. The van der Waals surface area contributed by atoms with Gasteiger partial charge in [-0.1, -0.05) is 33.1 Å². The maximum atomic E-state index is 12.6. The first-order valence-electron chi connectivity index (χ1n) is 8.93. The number of pyridine rings is 1. The molecule has 0 amide bonds. The summed E-state index contributed by atoms with van der Waals surface area (Å²) >= 11 is 0. The number of unbranched alkanes of at least 4 members (excludes halogenated alkanes) is 2. The van der Waals surface area contributed by atoms with Gasteiger partial charge in [-0.3, -0.25) is 0 Å². The molecule has 2 aliphatic carbocycles. The van der Waals surface area contributed by atoms with E-state index in [2.05, 4.69) is 26.7 Å². The summed E-state index contributed by atoms with van der Waals surface area (Å²) in [6.07, 6.45) is 3.89. The fourth-order valence-electron chi connectivity index (χ4n) is 4.59. The summed E-state index contributed by atoms with van der Waals surface area (Å²) < 4.78 is 43.8. The third-order valence-corrected chi connectivity index (χ3v) is 6.30. The number of nitrogens with zero attached hydrogens (tertiary/aromatic N) is 1. The molecule has 1 heterocycles. The lowest BCUT2D eigenvalue weighted by Crippen LogP contribution is -2.59. The molecule has 3 rings (SSSR count). The highest BCUT2D eigenvalue weighted by atomic mass is 19.4. The molecule has 0 N–H and O–H groups in total. The van der Waals surface area contributed by atoms with Crippen LogP contribution in [0.5, 0.6) is 5.88 Å². The van der Waals surface area contributed by atoms with Crippen LogP contribution in [-0.4, -0.2) is 18.3 Å². The quantitative estimate of drug-likeness (QED) is 0.565. The van der Waals surface area contributed by atoms with Crippen LogP contribution in [-0.2, 0) is 6.18 Å². The second-order valence-electron chi connectivity index (χ2n) is 7.83. The minimum absolute atomic E-state index is 0.287. The van der Waals surface area contributed by atoms with Crippen LogP contribution in [0.4, 0.5) is 13.2 Å². The molecule has 6 heteroatoms. The highest BCUT2D eigenvalue weighted by molar-refractivity contribution is 6.16. The molecule has 1 aromatic heterocycles. The van der Waals surface area contributed by atoms with Crippen molar-refractivity contribution in [2.24, 2.45) is 17.3 Å². The van der Waals surface area contributed by atoms with Gasteiger partial charge in [0.25, 0.3) is 0 Å². The summed E-state index contributed by atoms with van der Waals surface area (Å²) in [5.41, 5.74) is -0.642. The molecule has 132 valence electrons. The standard InChI is InChI=1S/C18H25BF3NO/c1-3-4-5-6-13-9-16(13)11-17(19,12(16)2)24-15-8-7-14(10-23-15)18(20,21)22/h7-8,10,12-13H,3-6,9,11,19H2,1-2H3. The summed E-state index contributed by atoms with van der Waals surface area (Å²) in [5.74, 6) is 1.51. The predicted molar refractivity (Wildman–Crippen MR) is 89.6 cm³/mol. The summed E-state index contributed by atoms with van der Waals surface area (Å²) in [5, 5.41) is 0. The molecule has 0 aliphatic heterocycles. The van der Waals surface area contributed by atoms with Gasteiger partial charge in [0.15, 0.2) is 7.85 Å². The molecular formula is C18H25BF3NO. The van der Waals surface area contributed by atoms with Gasteiger partial charge in [0, 0.05) is 12.3 Å². The van der Waals surface area contributed by atoms with Crippen LogP contribution in [0.3, 0.4) is 0 Å². The van der Waals surface area contributed by atoms with Gasteiger partial charge in [-0.15, -0.1) is 0 Å². The van der Waals surface area contributed by atoms with E-state index < -0.39 is 11.7 Å². The van der Waals surface area contributed by atoms with Crippen molar-refractivity contribution in [3.05, 3.63) is 23.9 Å². The fourth-order valence-corrected chi connectivity index (χ4v) is 4.59. The maximum absolute atomic E-state index is 12.6. The second-order valence-corrected chi connectivity index (χ2v) is 7.83. The smallest absolute Gasteiger partial charge is 0.417 e. The number of halogens is 3. The van der Waals surface area contributed by atoms with E-state index in [9.17, 15) is 13.2 Å². The SMILES string of the molecule is BC1(Oc2ccc(C(F)(F)F)cn2)CC2(CC2CCCCC)C1C. The maximum Gasteiger partial charge on any atom is 0.417 e. The molecule has 2 nitrogen and oxygen atoms in total. The summed E-state index contributed by atoms with van der Waals surface area (Å²) in [7, 11) is 2.06. The second kappa shape index (κ2) is 5.96. The third-order valence-electron chi connectivity index (χ3n) is 6.30. The van der Waals surface area contributed by atoms with Crippen molar-refractivity contribution >= 4 is 7.85 Å². The molecule has 4 unspecified atom stereocenters. The Morgan fingerprint density at radius 2 is 2.08 bits per heavy atom. The zero-order valence-corrected chi connectivity index (χ0v) is 14.6. The van der Waals surface area contributed by atoms with Crippen LogP contribution < -0.4 is 4.74 Å². The lowest BCUT2D eigenvalue weighted by atomic mass is 9.49. The van der Waals surface area contributed by atoms with Gasteiger partial charge >= 0.3 is 6.18 Å². The third kappa shape index (κ3) is 3.04. The van der Waals surface area contributed by atoms with Crippen molar-refractivity contribution in [2.75, 3.05) is 0 Å². The first-order valence-corrected chi connectivity index (χ1v) is 8.93. The van der Waals surface area contributed by atoms with E-state index in [1.54, 1.807) is 0 Å². The Labute approximate surface area is 142 Å². The van der Waals surface area contributed by atoms with Crippen LogP contribution in [0.1, 0.15) is 57.9 Å². The van der Waals surface area contributed by atoms with E-state index >= 15 is 0 Å². The number of alkyl halides is 3. The van der Waals surface area contributed by atoms with Crippen molar-refractivity contribution in [3.8, 4) is 5.88 Å². The Morgan fingerprint density at radius 1 is 1.33 bits per heavy atom. The van der Waals surface area contributed by atoms with Crippen molar-refractivity contribution < 1.29 is 17.9 Å². The first kappa shape index (κ1) is 17.6. The predicted octanol–water partition coefficient (Wildman–Crippen LogP) is 4.44. The van der Waals surface area contributed by atoms with Crippen LogP contribution in [0.15, 0.2) is 18.3 Å². The summed E-state index contributed by atoms with van der Waals surface area (Å²) in [6, 6.07) is 2.37. The van der Waals surface area contributed by atoms with Crippen molar-refractivity contribution in [2.45, 2.75) is 64.0 Å². The Hall–Kier alpha value is -1.20. The molecule has 1 aromatic rings. The van der Waals surface area contributed by atoms with E-state index in [0.717, 1.165) is 24.6 Å². The molecular weight excluding hydrogens is 314 g/mol. The topological polar surface area (TPSA) is 22.1 Å². The fraction of sp³-hybridized carbons (Fsp3) is 0.722. The molecule has 2 fully saturated rings. The number of ether oxygens (including phenoxy) is 1. The van der Waals surface area contributed by atoms with Gasteiger partial charge in [-0.2, -0.15) is 13.2 Å². The van der Waals surface area contributed by atoms with Gasteiger partial charge in [-0.25, -0.2) is 4.98 Å². The minimum Gasteiger partial charge on any atom is -0.481 e. The van der Waals surface area contributed by atoms with Crippen molar-refractivity contribution in [3.63, 3.8) is 0 Å². The van der Waals surface area contributed by atoms with E-state index in [1.165, 1.54) is 38.2 Å². The molecule has 2 saturated carbocycles. The van der Waals surface area contributed by atoms with Gasteiger partial charge in [0.1, 0.15) is 0 Å². The van der Waals surface area contributed by atoms with Crippen LogP contribution in [0.2, 0.25) is 0 Å². The molecule has 0 saturated heterocycles. The number of rotatable bonds is 6. The van der Waals surface area contributed by atoms with Gasteiger partial charge in [0.05, 0.1) is 11.1 Å². The Kier molecular flexibility index (Phi) is 4.37. The number of hydrogen-bond acceptors (Lipinski definition) is 2. The van der Waals surface area contributed by atoms with Gasteiger partial charge < -0.3 is 4.74 Å². The lowest BCUT2D eigenvalue weighted by Gasteiger charge is -2.53. The minimum atomic E-state index is -4.36. The Morgan fingerprint density at radius 3 is 2.62 bits per heavy atom. The van der Waals surface area contributed by atoms with E-state index in [-0.39, 0.29) is 11.4 Å². The van der Waals surface area contributed by atoms with Crippen LogP contribution in [0, 0.1) is 17.3 Å². The molecule has 4 atom stereocenters. The largest absolute Gasteiger partial charge is 0.481 e. The summed E-state index contributed by atoms with van der Waals surface area (Å²) in [6.45, 7) is 4.43. The molecule has 24 heavy (non-hydrogen) atoms. The number of hydrogen-bond donors (Lipinski definition) is 0. The zero-order chi connectivity index (χ0) is 17.6. The van der Waals surface area contributed by atoms with Gasteiger partial charge in [-0.05, 0) is 42.6 Å². The summed E-state index contributed by atoms with van der Waals surface area (Å²) in [4.78, 5) is 3.85. The van der Waals surface area contributed by atoms with Crippen LogP contribution in [0.25, 0.3) is 0 Å². The van der Waals surface area contributed by atoms with Crippen molar-refractivity contribution in [1.82, 2.24) is 4.98 Å². The van der Waals surface area contributed by atoms with Gasteiger partial charge in [0.2, 0.25) is 5.88 Å². The molecule has 2 aliphatic rings. The highest BCUT2D eigenvalue weighted by Gasteiger charge is 2.71. The number of aromatic nitrogens is 1. The zero-order valence-electron chi connectivity index (χ0n) is 14.6. The van der Waals surface area contributed by atoms with E-state index in [0.29, 0.717) is 11.3 Å². The normalized spacial score (nSPS) is 34.9. The van der Waals surface area contributed by atoms with E-state index in [4.69, 9.17) is 4.74 Å². The molecule has 0 aromatic carbocycles. The van der Waals surface area contributed by atoms with Crippen molar-refractivity contribution in [1.29, 1.82) is 0 Å². The lowest BCUT2D eigenvalue weighted by molar-refractivity contribution is -0.137. The Balaban J connectivity index is 1.57. The highest BCUT2D eigenvalue weighted by Crippen LogP contribution is 2.73. The molecule has 0 bridgehead atoms. The average molecular weight is 339 g/mol. The average Bonchev–Trinajstić information content (AvgIpc) is 3.22. The monoisotopic (exact) mass is 339 g/mol. The molecule has 1 spiro atoms. The van der Waals surface area contributed by atoms with E-state index in [1.807, 2.05) is 0 Å². The first-order chi connectivity index (χ1) is 11.2.